The second-order valence-corrected chi connectivity index (χ2v) is 9.25. The zero-order valence-corrected chi connectivity index (χ0v) is 20.4. The summed E-state index contributed by atoms with van der Waals surface area (Å²) < 4.78 is 6.69. The first-order chi connectivity index (χ1) is 16.0. The number of aryl methyl sites for hydroxylation is 3. The van der Waals surface area contributed by atoms with Crippen molar-refractivity contribution in [2.24, 2.45) is 13.0 Å². The second kappa shape index (κ2) is 12.7. The quantitative estimate of drug-likeness (QED) is 0.622. The van der Waals surface area contributed by atoms with Crippen LogP contribution in [0.15, 0.2) is 47.4 Å². The van der Waals surface area contributed by atoms with Gasteiger partial charge in [-0.1, -0.05) is 24.3 Å². The Hall–Kier alpha value is -2.44. The van der Waals surface area contributed by atoms with Crippen LogP contribution in [0.25, 0.3) is 0 Å². The van der Waals surface area contributed by atoms with Crippen molar-refractivity contribution in [3.05, 3.63) is 69.6 Å². The van der Waals surface area contributed by atoms with E-state index >= 15 is 0 Å². The molecule has 1 atom stereocenters. The fourth-order valence-electron chi connectivity index (χ4n) is 4.23. The van der Waals surface area contributed by atoms with Crippen molar-refractivity contribution < 1.29 is 9.53 Å². The van der Waals surface area contributed by atoms with E-state index in [0.717, 1.165) is 51.9 Å². The summed E-state index contributed by atoms with van der Waals surface area (Å²) in [4.78, 5) is 25.8. The minimum Gasteiger partial charge on any atom is -0.385 e. The van der Waals surface area contributed by atoms with Crippen LogP contribution in [0.3, 0.4) is 0 Å². The molecule has 1 aromatic carbocycles. The summed E-state index contributed by atoms with van der Waals surface area (Å²) in [6.07, 6.45) is 8.27. The molecule has 4 rings (SSSR count). The number of hydrogen-bond acceptors (Lipinski definition) is 4. The molecule has 33 heavy (non-hydrogen) atoms. The van der Waals surface area contributed by atoms with Gasteiger partial charge in [0.25, 0.3) is 0 Å². The highest BCUT2D eigenvalue weighted by Gasteiger charge is 2.36. The highest BCUT2D eigenvalue weighted by Crippen LogP contribution is 2.31. The minimum atomic E-state index is 0.0347. The van der Waals surface area contributed by atoms with Gasteiger partial charge in [0.05, 0.1) is 5.92 Å². The van der Waals surface area contributed by atoms with Crippen LogP contribution in [0.4, 0.5) is 0 Å². The molecular formula is C27H39N3O3. The molecule has 0 radical (unpaired) electrons. The fraction of sp³-hybridized carbons (Fsp3) is 0.556. The lowest BCUT2D eigenvalue weighted by Crippen LogP contribution is -2.43. The Balaban J connectivity index is 0.000000323. The summed E-state index contributed by atoms with van der Waals surface area (Å²) in [6.45, 7) is 5.62. The van der Waals surface area contributed by atoms with Crippen molar-refractivity contribution >= 4 is 5.91 Å². The standard InChI is InChI=1S/C21H32N2O2.C6H7NO/c1-16-7-8-17(5-4-12-25-2)13-19(16)15-23(20-9-10-20)21(24)18-6-3-11-22-14-18;1-7-5-3-2-4-6(7)8/h7-8,13,18,20,22H,3-6,9-12,14-15H2,1-2H3;2-5H,1H3/t18-;/m1./s1. The Bertz CT molecular complexity index is 946. The van der Waals surface area contributed by atoms with Crippen LogP contribution >= 0.6 is 0 Å². The van der Waals surface area contributed by atoms with Crippen LogP contribution in [0.1, 0.15) is 48.8 Å². The highest BCUT2D eigenvalue weighted by molar-refractivity contribution is 5.80. The first kappa shape index (κ1) is 25.2. The van der Waals surface area contributed by atoms with Crippen LogP contribution in [0, 0.1) is 12.8 Å². The van der Waals surface area contributed by atoms with E-state index in [1.54, 1.807) is 26.4 Å². The Morgan fingerprint density at radius 1 is 1.21 bits per heavy atom. The number of benzene rings is 1. The fourth-order valence-corrected chi connectivity index (χ4v) is 4.23. The molecule has 1 N–H and O–H groups in total. The second-order valence-electron chi connectivity index (χ2n) is 9.25. The normalized spacial score (nSPS) is 17.7. The van der Waals surface area contributed by atoms with E-state index in [2.05, 4.69) is 35.3 Å². The molecule has 1 aromatic heterocycles. The lowest BCUT2D eigenvalue weighted by Gasteiger charge is -2.30. The zero-order chi connectivity index (χ0) is 23.6. The maximum absolute atomic E-state index is 13.1. The highest BCUT2D eigenvalue weighted by atomic mass is 16.5. The van der Waals surface area contributed by atoms with Gasteiger partial charge in [-0.05, 0) is 74.8 Å². The molecule has 0 spiro atoms. The molecule has 0 unspecified atom stereocenters. The van der Waals surface area contributed by atoms with E-state index in [1.807, 2.05) is 6.07 Å². The maximum Gasteiger partial charge on any atom is 0.250 e. The van der Waals surface area contributed by atoms with E-state index in [-0.39, 0.29) is 11.5 Å². The average Bonchev–Trinajstić information content (AvgIpc) is 3.67. The van der Waals surface area contributed by atoms with Crippen LogP contribution in [-0.4, -0.2) is 48.2 Å². The number of carbonyl (C=O) groups excluding carboxylic acids is 1. The van der Waals surface area contributed by atoms with Gasteiger partial charge in [-0.3, -0.25) is 9.59 Å². The molecule has 2 aromatic rings. The van der Waals surface area contributed by atoms with Gasteiger partial charge in [0.15, 0.2) is 0 Å². The number of nitrogens with one attached hydrogen (secondary N) is 1. The molecule has 1 aliphatic carbocycles. The maximum atomic E-state index is 13.1. The molecule has 1 saturated carbocycles. The first-order valence-corrected chi connectivity index (χ1v) is 12.2. The summed E-state index contributed by atoms with van der Waals surface area (Å²) >= 11 is 0. The third-order valence-electron chi connectivity index (χ3n) is 6.49. The largest absolute Gasteiger partial charge is 0.385 e. The van der Waals surface area contributed by atoms with Crippen LogP contribution in [-0.2, 0) is 29.5 Å². The summed E-state index contributed by atoms with van der Waals surface area (Å²) in [5.74, 6) is 0.526. The third-order valence-corrected chi connectivity index (χ3v) is 6.49. The molecular weight excluding hydrogens is 414 g/mol. The number of rotatable bonds is 8. The monoisotopic (exact) mass is 453 g/mol. The van der Waals surface area contributed by atoms with E-state index in [4.69, 9.17) is 4.74 Å². The summed E-state index contributed by atoms with van der Waals surface area (Å²) in [5.41, 5.74) is 3.97. The van der Waals surface area contributed by atoms with Gasteiger partial charge in [0.1, 0.15) is 0 Å². The summed E-state index contributed by atoms with van der Waals surface area (Å²) in [5, 5.41) is 3.38. The third kappa shape index (κ3) is 7.83. The van der Waals surface area contributed by atoms with Gasteiger partial charge in [0.2, 0.25) is 11.5 Å². The van der Waals surface area contributed by atoms with Crippen molar-refractivity contribution in [3.63, 3.8) is 0 Å². The van der Waals surface area contributed by atoms with Gasteiger partial charge < -0.3 is 19.5 Å². The van der Waals surface area contributed by atoms with Crippen molar-refractivity contribution in [3.8, 4) is 0 Å². The minimum absolute atomic E-state index is 0.0347. The molecule has 1 amide bonds. The molecule has 6 heteroatoms. The van der Waals surface area contributed by atoms with Gasteiger partial charge >= 0.3 is 0 Å². The molecule has 2 aliphatic rings. The number of piperidine rings is 1. The van der Waals surface area contributed by atoms with Crippen LogP contribution < -0.4 is 10.9 Å². The average molecular weight is 454 g/mol. The number of amides is 1. The molecule has 2 heterocycles. The SMILES string of the molecule is COCCCc1ccc(C)c(CN(C(=O)[C@@H]2CCCNC2)C2CC2)c1.Cn1ccccc1=O. The molecule has 0 bridgehead atoms. The zero-order valence-electron chi connectivity index (χ0n) is 20.4. The number of aromatic nitrogens is 1. The van der Waals surface area contributed by atoms with E-state index in [0.29, 0.717) is 11.9 Å². The smallest absolute Gasteiger partial charge is 0.250 e. The predicted molar refractivity (Wildman–Crippen MR) is 132 cm³/mol. The number of ether oxygens (including phenoxy) is 1. The number of carbonyl (C=O) groups is 1. The van der Waals surface area contributed by atoms with Crippen LogP contribution in [0.2, 0.25) is 0 Å². The van der Waals surface area contributed by atoms with Crippen molar-refractivity contribution in [1.82, 2.24) is 14.8 Å². The van der Waals surface area contributed by atoms with E-state index in [9.17, 15) is 9.59 Å². The van der Waals surface area contributed by atoms with Crippen molar-refractivity contribution in [2.45, 2.75) is 58.0 Å². The van der Waals surface area contributed by atoms with Crippen LogP contribution in [0.5, 0.6) is 0 Å². The molecule has 1 saturated heterocycles. The van der Waals surface area contributed by atoms with Gasteiger partial charge in [-0.2, -0.15) is 0 Å². The van der Waals surface area contributed by atoms with E-state index in [1.165, 1.54) is 40.2 Å². The summed E-state index contributed by atoms with van der Waals surface area (Å²) in [7, 11) is 3.47. The number of hydrogen-bond donors (Lipinski definition) is 1. The topological polar surface area (TPSA) is 63.6 Å². The summed E-state index contributed by atoms with van der Waals surface area (Å²) in [6, 6.07) is 12.3. The Labute approximate surface area is 197 Å². The molecule has 180 valence electrons. The lowest BCUT2D eigenvalue weighted by molar-refractivity contribution is -0.137. The number of pyridine rings is 1. The van der Waals surface area contributed by atoms with Gasteiger partial charge in [-0.15, -0.1) is 0 Å². The Morgan fingerprint density at radius 3 is 2.64 bits per heavy atom. The Kier molecular flexibility index (Phi) is 9.70. The Morgan fingerprint density at radius 2 is 2.03 bits per heavy atom. The van der Waals surface area contributed by atoms with Crippen molar-refractivity contribution in [1.29, 1.82) is 0 Å². The number of nitrogens with zero attached hydrogens (tertiary/aromatic N) is 2. The molecule has 2 fully saturated rings. The lowest BCUT2D eigenvalue weighted by atomic mass is 9.97. The number of methoxy groups -OCH3 is 1. The molecule has 1 aliphatic heterocycles. The van der Waals surface area contributed by atoms with E-state index < -0.39 is 0 Å². The van der Waals surface area contributed by atoms with Crippen molar-refractivity contribution in [2.75, 3.05) is 26.8 Å². The predicted octanol–water partition coefficient (Wildman–Crippen LogP) is 3.45. The molecule has 6 nitrogen and oxygen atoms in total. The first-order valence-electron chi connectivity index (χ1n) is 12.2. The van der Waals surface area contributed by atoms with Gasteiger partial charge in [-0.25, -0.2) is 0 Å². The van der Waals surface area contributed by atoms with Gasteiger partial charge in [0, 0.05) is 52.2 Å².